The van der Waals surface area contributed by atoms with E-state index in [1.807, 2.05) is 11.8 Å². The number of hydrogen-bond donors (Lipinski definition) is 1. The van der Waals surface area contributed by atoms with Gasteiger partial charge in [0.1, 0.15) is 0 Å². The number of halogens is 3. The van der Waals surface area contributed by atoms with E-state index >= 15 is 0 Å². The number of anilines is 2. The van der Waals surface area contributed by atoms with Gasteiger partial charge in [-0.15, -0.1) is 0 Å². The second-order valence-electron chi connectivity index (χ2n) is 7.75. The molecule has 3 rings (SSSR count). The second-order valence-corrected chi connectivity index (χ2v) is 7.75. The highest BCUT2D eigenvalue weighted by molar-refractivity contribution is 5.94. The van der Waals surface area contributed by atoms with Gasteiger partial charge in [-0.2, -0.15) is 13.2 Å². The molecule has 166 valence electrons. The molecule has 6 nitrogen and oxygen atoms in total. The van der Waals surface area contributed by atoms with Crippen molar-refractivity contribution in [1.82, 2.24) is 4.90 Å². The minimum atomic E-state index is -4.60. The molecule has 2 fully saturated rings. The van der Waals surface area contributed by atoms with Crippen molar-refractivity contribution in [2.45, 2.75) is 38.8 Å². The number of nitrogens with zero attached hydrogens (tertiary/aromatic N) is 2. The van der Waals surface area contributed by atoms with Gasteiger partial charge in [0.15, 0.2) is 0 Å². The van der Waals surface area contributed by atoms with Crippen molar-refractivity contribution in [2.75, 3.05) is 49.6 Å². The summed E-state index contributed by atoms with van der Waals surface area (Å²) in [5, 5.41) is 2.47. The van der Waals surface area contributed by atoms with Crippen molar-refractivity contribution in [3.8, 4) is 0 Å². The van der Waals surface area contributed by atoms with Crippen LogP contribution >= 0.6 is 0 Å². The first-order valence-corrected chi connectivity index (χ1v) is 10.4. The first-order valence-electron chi connectivity index (χ1n) is 10.4. The Labute approximate surface area is 174 Å². The van der Waals surface area contributed by atoms with Crippen LogP contribution in [0.3, 0.4) is 0 Å². The summed E-state index contributed by atoms with van der Waals surface area (Å²) in [5.74, 6) is -1.01. The third-order valence-corrected chi connectivity index (χ3v) is 5.55. The molecule has 2 heterocycles. The van der Waals surface area contributed by atoms with Crippen LogP contribution in [0.5, 0.6) is 0 Å². The minimum absolute atomic E-state index is 0.0131. The zero-order chi connectivity index (χ0) is 21.7. The molecule has 2 amide bonds. The lowest BCUT2D eigenvalue weighted by atomic mass is 9.96. The van der Waals surface area contributed by atoms with Crippen molar-refractivity contribution < 1.29 is 27.5 Å². The molecule has 1 atom stereocenters. The van der Waals surface area contributed by atoms with Gasteiger partial charge in [0, 0.05) is 38.3 Å². The molecule has 1 aromatic rings. The normalized spacial score (nSPS) is 20.2. The van der Waals surface area contributed by atoms with Crippen molar-refractivity contribution in [3.63, 3.8) is 0 Å². The fourth-order valence-corrected chi connectivity index (χ4v) is 3.92. The van der Waals surface area contributed by atoms with Gasteiger partial charge in [0.2, 0.25) is 11.8 Å². The third-order valence-electron chi connectivity index (χ3n) is 5.55. The predicted molar refractivity (Wildman–Crippen MR) is 107 cm³/mol. The molecular weight excluding hydrogens is 399 g/mol. The van der Waals surface area contributed by atoms with E-state index in [2.05, 4.69) is 5.32 Å². The molecule has 30 heavy (non-hydrogen) atoms. The lowest BCUT2D eigenvalue weighted by Gasteiger charge is -2.32. The Balaban J connectivity index is 1.74. The van der Waals surface area contributed by atoms with Crippen LogP contribution in [0.1, 0.15) is 38.2 Å². The Morgan fingerprint density at radius 1 is 1.20 bits per heavy atom. The summed E-state index contributed by atoms with van der Waals surface area (Å²) in [4.78, 5) is 28.3. The molecule has 0 aliphatic carbocycles. The van der Waals surface area contributed by atoms with Gasteiger partial charge in [-0.1, -0.05) is 6.92 Å². The number of alkyl halides is 3. The molecule has 2 aliphatic rings. The number of carbonyl (C=O) groups is 2. The molecule has 9 heteroatoms. The Morgan fingerprint density at radius 3 is 2.60 bits per heavy atom. The number of rotatable bonds is 5. The van der Waals surface area contributed by atoms with E-state index < -0.39 is 23.6 Å². The minimum Gasteiger partial charge on any atom is -0.378 e. The van der Waals surface area contributed by atoms with Gasteiger partial charge >= 0.3 is 6.18 Å². The Bertz CT molecular complexity index is 764. The van der Waals surface area contributed by atoms with E-state index in [0.29, 0.717) is 57.8 Å². The summed E-state index contributed by atoms with van der Waals surface area (Å²) < 4.78 is 46.3. The Kier molecular flexibility index (Phi) is 7.23. The van der Waals surface area contributed by atoms with Gasteiger partial charge in [-0.25, -0.2) is 0 Å². The molecule has 2 aliphatic heterocycles. The maximum atomic E-state index is 13.7. The molecule has 0 radical (unpaired) electrons. The van der Waals surface area contributed by atoms with Crippen molar-refractivity contribution in [3.05, 3.63) is 23.8 Å². The summed E-state index contributed by atoms with van der Waals surface area (Å²) in [5.41, 5.74) is -0.659. The number of ether oxygens (including phenoxy) is 1. The highest BCUT2D eigenvalue weighted by atomic mass is 19.4. The molecule has 1 aromatic carbocycles. The summed E-state index contributed by atoms with van der Waals surface area (Å²) in [7, 11) is 0. The van der Waals surface area contributed by atoms with E-state index in [0.717, 1.165) is 12.5 Å². The SMILES string of the molecule is CCCC(=O)N1CCCC(C(=O)Nc2ccc(N3CCOCC3)cc2C(F)(F)F)C1. The van der Waals surface area contributed by atoms with Crippen LogP contribution in [0.4, 0.5) is 24.5 Å². The van der Waals surface area contributed by atoms with E-state index in [1.54, 1.807) is 11.0 Å². The van der Waals surface area contributed by atoms with Gasteiger partial charge in [-0.3, -0.25) is 9.59 Å². The zero-order valence-electron chi connectivity index (χ0n) is 17.1. The van der Waals surface area contributed by atoms with Crippen LogP contribution in [-0.2, 0) is 20.5 Å². The van der Waals surface area contributed by atoms with Gasteiger partial charge < -0.3 is 19.9 Å². The number of nitrogens with one attached hydrogen (secondary N) is 1. The third kappa shape index (κ3) is 5.44. The number of hydrogen-bond acceptors (Lipinski definition) is 4. The average Bonchev–Trinajstić information content (AvgIpc) is 2.74. The average molecular weight is 427 g/mol. The van der Waals surface area contributed by atoms with Gasteiger partial charge in [0.05, 0.1) is 30.4 Å². The number of benzene rings is 1. The molecule has 2 saturated heterocycles. The van der Waals surface area contributed by atoms with Crippen LogP contribution < -0.4 is 10.2 Å². The fraction of sp³-hybridized carbons (Fsp3) is 0.619. The standard InChI is InChI=1S/C21H28F3N3O3/c1-2-4-19(28)27-8-3-5-15(14-27)20(29)25-18-7-6-16(13-17(18)21(22,23)24)26-9-11-30-12-10-26/h6-7,13,15H,2-5,8-12,14H2,1H3,(H,25,29). The Morgan fingerprint density at radius 2 is 1.93 bits per heavy atom. The molecule has 1 N–H and O–H groups in total. The van der Waals surface area contributed by atoms with E-state index in [-0.39, 0.29) is 18.1 Å². The topological polar surface area (TPSA) is 61.9 Å². The maximum Gasteiger partial charge on any atom is 0.418 e. The molecule has 0 spiro atoms. The summed E-state index contributed by atoms with van der Waals surface area (Å²) in [6.07, 6.45) is -2.25. The summed E-state index contributed by atoms with van der Waals surface area (Å²) in [6, 6.07) is 3.99. The predicted octanol–water partition coefficient (Wildman–Crippen LogP) is 3.52. The van der Waals surface area contributed by atoms with Crippen molar-refractivity contribution >= 4 is 23.2 Å². The molecule has 0 aromatic heterocycles. The Hall–Kier alpha value is -2.29. The van der Waals surface area contributed by atoms with Crippen molar-refractivity contribution in [2.24, 2.45) is 5.92 Å². The zero-order valence-corrected chi connectivity index (χ0v) is 17.1. The van der Waals surface area contributed by atoms with Crippen LogP contribution in [0.15, 0.2) is 18.2 Å². The van der Waals surface area contributed by atoms with E-state index in [1.165, 1.54) is 6.07 Å². The number of morpholine rings is 1. The van der Waals surface area contributed by atoms with E-state index in [9.17, 15) is 22.8 Å². The van der Waals surface area contributed by atoms with Crippen molar-refractivity contribution in [1.29, 1.82) is 0 Å². The fourth-order valence-electron chi connectivity index (χ4n) is 3.92. The first kappa shape index (κ1) is 22.4. The number of carbonyl (C=O) groups excluding carboxylic acids is 2. The smallest absolute Gasteiger partial charge is 0.378 e. The molecule has 0 saturated carbocycles. The van der Waals surface area contributed by atoms with Crippen LogP contribution in [-0.4, -0.2) is 56.1 Å². The number of amides is 2. The quantitative estimate of drug-likeness (QED) is 0.781. The molecule has 0 bridgehead atoms. The van der Waals surface area contributed by atoms with Gasteiger partial charge in [0.25, 0.3) is 0 Å². The van der Waals surface area contributed by atoms with Crippen LogP contribution in [0.25, 0.3) is 0 Å². The molecule has 1 unspecified atom stereocenters. The van der Waals surface area contributed by atoms with Gasteiger partial charge in [-0.05, 0) is 37.5 Å². The summed E-state index contributed by atoms with van der Waals surface area (Å²) in [6.45, 7) is 4.72. The largest absolute Gasteiger partial charge is 0.418 e. The van der Waals surface area contributed by atoms with Crippen LogP contribution in [0, 0.1) is 5.92 Å². The lowest BCUT2D eigenvalue weighted by Crippen LogP contribution is -2.43. The second kappa shape index (κ2) is 9.68. The number of likely N-dealkylation sites (tertiary alicyclic amines) is 1. The summed E-state index contributed by atoms with van der Waals surface area (Å²) >= 11 is 0. The monoisotopic (exact) mass is 427 g/mol. The van der Waals surface area contributed by atoms with E-state index in [4.69, 9.17) is 4.74 Å². The maximum absolute atomic E-state index is 13.7. The lowest BCUT2D eigenvalue weighted by molar-refractivity contribution is -0.137. The number of piperidine rings is 1. The highest BCUT2D eigenvalue weighted by Gasteiger charge is 2.36. The van der Waals surface area contributed by atoms with Crippen LogP contribution in [0.2, 0.25) is 0 Å². The molecular formula is C21H28F3N3O3. The first-order chi connectivity index (χ1) is 14.3. The highest BCUT2D eigenvalue weighted by Crippen LogP contribution is 2.38.